The van der Waals surface area contributed by atoms with E-state index in [2.05, 4.69) is 15.3 Å². The second-order valence-electron chi connectivity index (χ2n) is 5.22. The maximum Gasteiger partial charge on any atom is 0.273 e. The fourth-order valence-electron chi connectivity index (χ4n) is 2.30. The van der Waals surface area contributed by atoms with Crippen molar-refractivity contribution >= 4 is 33.3 Å². The summed E-state index contributed by atoms with van der Waals surface area (Å²) in [5.41, 5.74) is 2.20. The van der Waals surface area contributed by atoms with E-state index < -0.39 is 0 Å². The zero-order chi connectivity index (χ0) is 14.4. The molecule has 2 heterocycles. The van der Waals surface area contributed by atoms with Crippen LogP contribution in [0.2, 0.25) is 0 Å². The maximum absolute atomic E-state index is 13.2. The summed E-state index contributed by atoms with van der Waals surface area (Å²) in [6.45, 7) is 0. The van der Waals surface area contributed by atoms with Crippen LogP contribution in [0.25, 0.3) is 10.9 Å². The first-order valence-corrected chi connectivity index (χ1v) is 7.62. The van der Waals surface area contributed by atoms with Gasteiger partial charge in [-0.05, 0) is 37.1 Å². The summed E-state index contributed by atoms with van der Waals surface area (Å²) in [5, 5.41) is 6.06. The number of amides is 1. The van der Waals surface area contributed by atoms with Gasteiger partial charge in [0.05, 0.1) is 5.69 Å². The average Bonchev–Trinajstić information content (AvgIpc) is 3.06. The van der Waals surface area contributed by atoms with Crippen LogP contribution in [0.5, 0.6) is 0 Å². The van der Waals surface area contributed by atoms with Gasteiger partial charge in [0.2, 0.25) is 0 Å². The zero-order valence-corrected chi connectivity index (χ0v) is 11.8. The third kappa shape index (κ3) is 2.42. The van der Waals surface area contributed by atoms with E-state index >= 15 is 0 Å². The van der Waals surface area contributed by atoms with E-state index in [4.69, 9.17) is 0 Å². The highest BCUT2D eigenvalue weighted by Gasteiger charge is 2.26. The van der Waals surface area contributed by atoms with Crippen LogP contribution in [0.3, 0.4) is 0 Å². The lowest BCUT2D eigenvalue weighted by atomic mass is 10.2. The monoisotopic (exact) mass is 301 g/mol. The Morgan fingerprint density at radius 1 is 1.38 bits per heavy atom. The molecule has 6 heteroatoms. The number of aromatic nitrogens is 2. The van der Waals surface area contributed by atoms with Gasteiger partial charge in [0, 0.05) is 22.2 Å². The first-order valence-electron chi connectivity index (χ1n) is 6.74. The van der Waals surface area contributed by atoms with Crippen LogP contribution >= 0.6 is 11.3 Å². The SMILES string of the molecule is O=C(Nc1nc(C2CC2)cs1)c1cc2cc(F)ccc2[nH]1. The van der Waals surface area contributed by atoms with Crippen LogP contribution < -0.4 is 5.32 Å². The molecule has 1 fully saturated rings. The normalized spacial score (nSPS) is 14.5. The molecule has 0 atom stereocenters. The van der Waals surface area contributed by atoms with E-state index in [0.29, 0.717) is 22.1 Å². The third-order valence-electron chi connectivity index (χ3n) is 3.57. The van der Waals surface area contributed by atoms with Crippen molar-refractivity contribution in [2.75, 3.05) is 5.32 Å². The molecule has 106 valence electrons. The molecule has 0 aliphatic heterocycles. The molecular weight excluding hydrogens is 289 g/mol. The van der Waals surface area contributed by atoms with Crippen molar-refractivity contribution in [3.63, 3.8) is 0 Å². The van der Waals surface area contributed by atoms with Gasteiger partial charge in [-0.25, -0.2) is 9.37 Å². The molecule has 0 spiro atoms. The molecular formula is C15H12FN3OS. The van der Waals surface area contributed by atoms with Gasteiger partial charge in [-0.1, -0.05) is 0 Å². The van der Waals surface area contributed by atoms with Crippen molar-refractivity contribution in [1.29, 1.82) is 0 Å². The average molecular weight is 301 g/mol. The smallest absolute Gasteiger partial charge is 0.273 e. The van der Waals surface area contributed by atoms with Crippen molar-refractivity contribution in [3.8, 4) is 0 Å². The van der Waals surface area contributed by atoms with Crippen molar-refractivity contribution in [2.24, 2.45) is 0 Å². The summed E-state index contributed by atoms with van der Waals surface area (Å²) >= 11 is 1.43. The van der Waals surface area contributed by atoms with Gasteiger partial charge in [-0.15, -0.1) is 11.3 Å². The van der Waals surface area contributed by atoms with Crippen LogP contribution in [0, 0.1) is 5.82 Å². The number of nitrogens with zero attached hydrogens (tertiary/aromatic N) is 1. The van der Waals surface area contributed by atoms with E-state index in [1.165, 1.54) is 36.3 Å². The summed E-state index contributed by atoms with van der Waals surface area (Å²) in [7, 11) is 0. The Morgan fingerprint density at radius 3 is 3.05 bits per heavy atom. The van der Waals surface area contributed by atoms with Gasteiger partial charge >= 0.3 is 0 Å². The predicted molar refractivity (Wildman–Crippen MR) is 80.3 cm³/mol. The molecule has 4 nitrogen and oxygen atoms in total. The summed E-state index contributed by atoms with van der Waals surface area (Å²) in [5.74, 6) is -0.00582. The number of benzene rings is 1. The van der Waals surface area contributed by atoms with E-state index in [1.54, 1.807) is 12.1 Å². The largest absolute Gasteiger partial charge is 0.351 e. The number of hydrogen-bond acceptors (Lipinski definition) is 3. The van der Waals surface area contributed by atoms with Crippen LogP contribution in [0.1, 0.15) is 34.9 Å². The van der Waals surface area contributed by atoms with Gasteiger partial charge in [-0.2, -0.15) is 0 Å². The first-order chi connectivity index (χ1) is 10.2. The molecule has 1 aliphatic rings. The molecule has 0 radical (unpaired) electrons. The number of H-pyrrole nitrogens is 1. The molecule has 1 aliphatic carbocycles. The van der Waals surface area contributed by atoms with Gasteiger partial charge in [0.25, 0.3) is 5.91 Å². The Morgan fingerprint density at radius 2 is 2.24 bits per heavy atom. The fourth-order valence-corrected chi connectivity index (χ4v) is 3.09. The predicted octanol–water partition coefficient (Wildman–Crippen LogP) is 3.89. The fraction of sp³-hybridized carbons (Fsp3) is 0.200. The molecule has 21 heavy (non-hydrogen) atoms. The van der Waals surface area contributed by atoms with Crippen molar-refractivity contribution in [3.05, 3.63) is 46.9 Å². The first kappa shape index (κ1) is 12.5. The second-order valence-corrected chi connectivity index (χ2v) is 6.08. The molecule has 4 rings (SSSR count). The topological polar surface area (TPSA) is 57.8 Å². The minimum Gasteiger partial charge on any atom is -0.351 e. The summed E-state index contributed by atoms with van der Waals surface area (Å²) in [6, 6.07) is 6.03. The zero-order valence-electron chi connectivity index (χ0n) is 11.0. The summed E-state index contributed by atoms with van der Waals surface area (Å²) < 4.78 is 13.2. The molecule has 1 amide bonds. The Labute approximate surface area is 124 Å². The molecule has 2 aromatic heterocycles. The molecule has 3 aromatic rings. The molecule has 0 bridgehead atoms. The lowest BCUT2D eigenvalue weighted by molar-refractivity contribution is 0.102. The van der Waals surface area contributed by atoms with Crippen molar-refractivity contribution < 1.29 is 9.18 Å². The Balaban J connectivity index is 1.57. The van der Waals surface area contributed by atoms with Crippen LogP contribution in [-0.2, 0) is 0 Å². The van der Waals surface area contributed by atoms with Gasteiger partial charge in [0.1, 0.15) is 11.5 Å². The number of thiazole rings is 1. The van der Waals surface area contributed by atoms with E-state index in [-0.39, 0.29) is 11.7 Å². The van der Waals surface area contributed by atoms with E-state index in [0.717, 1.165) is 11.2 Å². The highest BCUT2D eigenvalue weighted by Crippen LogP contribution is 2.40. The van der Waals surface area contributed by atoms with Crippen LogP contribution in [-0.4, -0.2) is 15.9 Å². The van der Waals surface area contributed by atoms with Crippen LogP contribution in [0.4, 0.5) is 9.52 Å². The highest BCUT2D eigenvalue weighted by atomic mass is 32.1. The minimum atomic E-state index is -0.317. The number of aromatic amines is 1. The number of carbonyl (C=O) groups is 1. The van der Waals surface area contributed by atoms with Crippen molar-refractivity contribution in [2.45, 2.75) is 18.8 Å². The number of nitrogens with one attached hydrogen (secondary N) is 2. The van der Waals surface area contributed by atoms with E-state index in [9.17, 15) is 9.18 Å². The number of hydrogen-bond donors (Lipinski definition) is 2. The number of fused-ring (bicyclic) bond motifs is 1. The highest BCUT2D eigenvalue weighted by molar-refractivity contribution is 7.14. The van der Waals surface area contributed by atoms with Gasteiger partial charge in [0.15, 0.2) is 5.13 Å². The number of anilines is 1. The molecule has 1 aromatic carbocycles. The second kappa shape index (κ2) is 4.66. The van der Waals surface area contributed by atoms with Crippen molar-refractivity contribution in [1.82, 2.24) is 9.97 Å². The Kier molecular flexibility index (Phi) is 2.78. The third-order valence-corrected chi connectivity index (χ3v) is 4.34. The lowest BCUT2D eigenvalue weighted by Crippen LogP contribution is -2.12. The Hall–Kier alpha value is -2.21. The Bertz CT molecular complexity index is 834. The standard InChI is InChI=1S/C15H12FN3OS/c16-10-3-4-11-9(5-10)6-12(17-11)14(20)19-15-18-13(7-21-15)8-1-2-8/h3-8,17H,1-2H2,(H,18,19,20). The molecule has 2 N–H and O–H groups in total. The molecule has 0 saturated heterocycles. The quantitative estimate of drug-likeness (QED) is 0.771. The lowest BCUT2D eigenvalue weighted by Gasteiger charge is -1.98. The van der Waals surface area contributed by atoms with Gasteiger partial charge < -0.3 is 4.98 Å². The number of rotatable bonds is 3. The molecule has 0 unspecified atom stereocenters. The summed E-state index contributed by atoms with van der Waals surface area (Å²) in [6.07, 6.45) is 2.37. The van der Waals surface area contributed by atoms with Gasteiger partial charge in [-0.3, -0.25) is 10.1 Å². The number of carbonyl (C=O) groups excluding carboxylic acids is 1. The maximum atomic E-state index is 13.2. The number of halogens is 1. The van der Waals surface area contributed by atoms with E-state index in [1.807, 2.05) is 5.38 Å². The summed E-state index contributed by atoms with van der Waals surface area (Å²) in [4.78, 5) is 19.6. The minimum absolute atomic E-state index is 0.261. The van der Waals surface area contributed by atoms with Crippen LogP contribution in [0.15, 0.2) is 29.6 Å². The molecule has 1 saturated carbocycles.